The molecule has 1 aliphatic heterocycles. The molecule has 1 aliphatic rings. The molecular formula is C12H13NO4. The molecule has 1 fully saturated rings. The van der Waals surface area contributed by atoms with E-state index >= 15 is 0 Å². The van der Waals surface area contributed by atoms with Gasteiger partial charge in [0.25, 0.3) is 0 Å². The summed E-state index contributed by atoms with van der Waals surface area (Å²) in [4.78, 5) is 27.1. The van der Waals surface area contributed by atoms with E-state index < -0.39 is 24.0 Å². The van der Waals surface area contributed by atoms with Gasteiger partial charge in [-0.3, -0.25) is 14.6 Å². The van der Waals surface area contributed by atoms with E-state index in [0.717, 1.165) is 0 Å². The lowest BCUT2D eigenvalue weighted by molar-refractivity contribution is -0.156. The second kappa shape index (κ2) is 4.95. The molecular weight excluding hydrogens is 222 g/mol. The van der Waals surface area contributed by atoms with Crippen molar-refractivity contribution in [2.24, 2.45) is 5.92 Å². The van der Waals surface area contributed by atoms with E-state index in [1.165, 1.54) is 0 Å². The first-order valence-corrected chi connectivity index (χ1v) is 5.50. The van der Waals surface area contributed by atoms with Gasteiger partial charge >= 0.3 is 11.9 Å². The summed E-state index contributed by atoms with van der Waals surface area (Å²) in [7, 11) is 0. The number of ether oxygens (including phenoxy) is 2. The predicted octanol–water partition coefficient (Wildman–Crippen LogP) is 1.25. The number of aromatic nitrogens is 1. The molecule has 2 rings (SSSR count). The van der Waals surface area contributed by atoms with Gasteiger partial charge in [-0.15, -0.1) is 0 Å². The van der Waals surface area contributed by atoms with Gasteiger partial charge in [-0.2, -0.15) is 0 Å². The van der Waals surface area contributed by atoms with Crippen LogP contribution < -0.4 is 0 Å². The number of carbonyl (C=O) groups excluding carboxylic acids is 2. The Balaban J connectivity index is 2.07. The lowest BCUT2D eigenvalue weighted by Gasteiger charge is -2.06. The van der Waals surface area contributed by atoms with Crippen molar-refractivity contribution in [3.05, 3.63) is 30.1 Å². The van der Waals surface area contributed by atoms with E-state index in [0.29, 0.717) is 12.1 Å². The Hall–Kier alpha value is -1.91. The molecule has 1 aromatic rings. The first-order chi connectivity index (χ1) is 8.22. The van der Waals surface area contributed by atoms with Crippen molar-refractivity contribution in [2.75, 3.05) is 6.61 Å². The summed E-state index contributed by atoms with van der Waals surface area (Å²) in [5.41, 5.74) is 0.660. The minimum atomic E-state index is -0.818. The number of pyridine rings is 1. The Morgan fingerprint density at radius 1 is 1.59 bits per heavy atom. The molecule has 5 heteroatoms. The van der Waals surface area contributed by atoms with Crippen molar-refractivity contribution in [2.45, 2.75) is 19.4 Å². The van der Waals surface area contributed by atoms with Gasteiger partial charge in [0.1, 0.15) is 6.10 Å². The summed E-state index contributed by atoms with van der Waals surface area (Å²) in [6.45, 7) is 1.96. The van der Waals surface area contributed by atoms with Crippen molar-refractivity contribution >= 4 is 11.9 Å². The summed E-state index contributed by atoms with van der Waals surface area (Å²) >= 11 is 0. The van der Waals surface area contributed by atoms with Crippen LogP contribution in [-0.2, 0) is 19.1 Å². The maximum atomic E-state index is 11.5. The molecule has 2 unspecified atom stereocenters. The highest BCUT2D eigenvalue weighted by molar-refractivity contribution is 5.96. The highest BCUT2D eigenvalue weighted by Crippen LogP contribution is 2.32. The van der Waals surface area contributed by atoms with Crippen LogP contribution in [0, 0.1) is 5.92 Å². The Labute approximate surface area is 98.7 Å². The van der Waals surface area contributed by atoms with Crippen LogP contribution in [0.2, 0.25) is 0 Å². The molecule has 0 bridgehead atoms. The monoisotopic (exact) mass is 235 g/mol. The second-order valence-electron chi connectivity index (χ2n) is 3.72. The number of esters is 2. The van der Waals surface area contributed by atoms with Crippen LogP contribution in [0.1, 0.15) is 25.1 Å². The van der Waals surface area contributed by atoms with Crippen molar-refractivity contribution in [1.29, 1.82) is 0 Å². The number of cyclic esters (lactones) is 1. The molecule has 2 heterocycles. The third-order valence-corrected chi connectivity index (χ3v) is 2.58. The van der Waals surface area contributed by atoms with E-state index in [9.17, 15) is 9.59 Å². The van der Waals surface area contributed by atoms with Gasteiger partial charge in [-0.05, 0) is 19.1 Å². The molecule has 0 aromatic carbocycles. The average Bonchev–Trinajstić information content (AvgIpc) is 2.73. The Kier molecular flexibility index (Phi) is 3.37. The SMILES string of the molecule is CCOC(=O)C1CC(c2ccccn2)OC1=O. The van der Waals surface area contributed by atoms with Gasteiger partial charge in [-0.1, -0.05) is 6.07 Å². The molecule has 5 nitrogen and oxygen atoms in total. The Bertz CT molecular complexity index is 418. The second-order valence-corrected chi connectivity index (χ2v) is 3.72. The highest BCUT2D eigenvalue weighted by Gasteiger charge is 2.41. The zero-order chi connectivity index (χ0) is 12.3. The van der Waals surface area contributed by atoms with Crippen LogP contribution in [0.3, 0.4) is 0 Å². The first-order valence-electron chi connectivity index (χ1n) is 5.50. The van der Waals surface area contributed by atoms with Crippen LogP contribution in [0.15, 0.2) is 24.4 Å². The zero-order valence-corrected chi connectivity index (χ0v) is 9.46. The first kappa shape index (κ1) is 11.6. The molecule has 0 radical (unpaired) electrons. The fourth-order valence-electron chi connectivity index (χ4n) is 1.76. The summed E-state index contributed by atoms with van der Waals surface area (Å²) in [5, 5.41) is 0. The predicted molar refractivity (Wildman–Crippen MR) is 57.8 cm³/mol. The van der Waals surface area contributed by atoms with E-state index in [2.05, 4.69) is 4.98 Å². The van der Waals surface area contributed by atoms with Crippen LogP contribution in [0.25, 0.3) is 0 Å². The van der Waals surface area contributed by atoms with Crippen molar-refractivity contribution in [1.82, 2.24) is 4.98 Å². The molecule has 0 N–H and O–H groups in total. The summed E-state index contributed by atoms with van der Waals surface area (Å²) < 4.78 is 9.95. The van der Waals surface area contributed by atoms with Gasteiger partial charge in [0.05, 0.1) is 12.3 Å². The standard InChI is InChI=1S/C12H13NO4/c1-2-16-11(14)8-7-10(17-12(8)15)9-5-3-4-6-13-9/h3-6,8,10H,2,7H2,1H3. The number of carbonyl (C=O) groups is 2. The maximum Gasteiger partial charge on any atom is 0.321 e. The largest absolute Gasteiger partial charge is 0.465 e. The summed E-state index contributed by atoms with van der Waals surface area (Å²) in [5.74, 6) is -1.86. The lowest BCUT2D eigenvalue weighted by atomic mass is 10.0. The average molecular weight is 235 g/mol. The zero-order valence-electron chi connectivity index (χ0n) is 9.46. The third kappa shape index (κ3) is 2.43. The molecule has 0 aliphatic carbocycles. The van der Waals surface area contributed by atoms with E-state index in [4.69, 9.17) is 9.47 Å². The van der Waals surface area contributed by atoms with Crippen molar-refractivity contribution in [3.63, 3.8) is 0 Å². The third-order valence-electron chi connectivity index (χ3n) is 2.58. The van der Waals surface area contributed by atoms with Gasteiger partial charge in [-0.25, -0.2) is 0 Å². The Morgan fingerprint density at radius 2 is 2.41 bits per heavy atom. The Morgan fingerprint density at radius 3 is 3.06 bits per heavy atom. The fourth-order valence-corrected chi connectivity index (χ4v) is 1.76. The fraction of sp³-hybridized carbons (Fsp3) is 0.417. The van der Waals surface area contributed by atoms with E-state index in [-0.39, 0.29) is 6.61 Å². The molecule has 0 amide bonds. The molecule has 1 aromatic heterocycles. The molecule has 90 valence electrons. The smallest absolute Gasteiger partial charge is 0.321 e. The summed E-state index contributed by atoms with van der Waals surface area (Å²) in [6, 6.07) is 5.36. The van der Waals surface area contributed by atoms with Gasteiger partial charge in [0.2, 0.25) is 0 Å². The van der Waals surface area contributed by atoms with Crippen molar-refractivity contribution in [3.8, 4) is 0 Å². The number of rotatable bonds is 3. The molecule has 17 heavy (non-hydrogen) atoms. The highest BCUT2D eigenvalue weighted by atomic mass is 16.6. The lowest BCUT2D eigenvalue weighted by Crippen LogP contribution is -2.21. The number of hydrogen-bond donors (Lipinski definition) is 0. The van der Waals surface area contributed by atoms with E-state index in [1.54, 1.807) is 25.3 Å². The topological polar surface area (TPSA) is 65.5 Å². The maximum absolute atomic E-state index is 11.5. The van der Waals surface area contributed by atoms with Crippen LogP contribution in [-0.4, -0.2) is 23.5 Å². The van der Waals surface area contributed by atoms with Crippen LogP contribution in [0.4, 0.5) is 0 Å². The molecule has 0 saturated carbocycles. The molecule has 0 spiro atoms. The van der Waals surface area contributed by atoms with Crippen LogP contribution in [0.5, 0.6) is 0 Å². The minimum Gasteiger partial charge on any atom is -0.465 e. The number of nitrogens with zero attached hydrogens (tertiary/aromatic N) is 1. The van der Waals surface area contributed by atoms with Gasteiger partial charge in [0, 0.05) is 12.6 Å². The van der Waals surface area contributed by atoms with E-state index in [1.807, 2.05) is 6.07 Å². The quantitative estimate of drug-likeness (QED) is 0.582. The normalized spacial score (nSPS) is 23.2. The molecule has 1 saturated heterocycles. The van der Waals surface area contributed by atoms with Crippen LogP contribution >= 0.6 is 0 Å². The van der Waals surface area contributed by atoms with Crippen molar-refractivity contribution < 1.29 is 19.1 Å². The molecule has 2 atom stereocenters. The van der Waals surface area contributed by atoms with Gasteiger partial charge < -0.3 is 9.47 Å². The number of hydrogen-bond acceptors (Lipinski definition) is 5. The minimum absolute atomic E-state index is 0.261. The van der Waals surface area contributed by atoms with Gasteiger partial charge in [0.15, 0.2) is 5.92 Å². The summed E-state index contributed by atoms with van der Waals surface area (Å²) in [6.07, 6.45) is 1.48.